The molecule has 0 fully saturated rings. The summed E-state index contributed by atoms with van der Waals surface area (Å²) in [4.78, 5) is 11.7. The molecule has 0 radical (unpaired) electrons. The number of halogens is 1. The zero-order valence-corrected chi connectivity index (χ0v) is 22.5. The second-order valence-electron chi connectivity index (χ2n) is 8.07. The number of ether oxygens (including phenoxy) is 1. The first-order chi connectivity index (χ1) is 16.1. The standard InChI is InChI=1S/C24H28ClNO5S3/c1-15-11-19(6-7-21(15)31-14-23(27)28)32-16(2)13-26-9-4-10-34(29,30)24-17(3)20-12-18(25)5-8-22(20)33-24/h5-8,11-12,16,26H,4,9-10,13-14H2,1-3H3,(H,27,28)/t16-/m1/s1. The molecule has 6 nitrogen and oxygen atoms in total. The summed E-state index contributed by atoms with van der Waals surface area (Å²) in [5.74, 6) is -0.343. The fourth-order valence-electron chi connectivity index (χ4n) is 3.52. The topological polar surface area (TPSA) is 92.7 Å². The Morgan fingerprint density at radius 3 is 2.71 bits per heavy atom. The minimum Gasteiger partial charge on any atom is -0.482 e. The van der Waals surface area contributed by atoms with Gasteiger partial charge in [-0.1, -0.05) is 18.5 Å². The van der Waals surface area contributed by atoms with Crippen LogP contribution >= 0.6 is 34.7 Å². The number of carboxylic acids is 1. The number of aliphatic carboxylic acids is 1. The number of rotatable bonds is 12. The summed E-state index contributed by atoms with van der Waals surface area (Å²) in [5.41, 5.74) is 1.66. The molecule has 0 spiro atoms. The van der Waals surface area contributed by atoms with Gasteiger partial charge in [0.15, 0.2) is 16.4 Å². The van der Waals surface area contributed by atoms with Crippen LogP contribution in [0.1, 0.15) is 24.5 Å². The number of nitrogens with one attached hydrogen (secondary N) is 1. The third kappa shape index (κ3) is 7.11. The van der Waals surface area contributed by atoms with Crippen molar-refractivity contribution in [2.75, 3.05) is 25.4 Å². The van der Waals surface area contributed by atoms with E-state index in [-0.39, 0.29) is 17.6 Å². The van der Waals surface area contributed by atoms with E-state index in [1.807, 2.05) is 38.1 Å². The number of aryl methyl sites for hydroxylation is 2. The highest BCUT2D eigenvalue weighted by Gasteiger charge is 2.21. The summed E-state index contributed by atoms with van der Waals surface area (Å²) in [6.07, 6.45) is 0.531. The number of benzene rings is 2. The SMILES string of the molecule is Cc1cc(S[C@H](C)CNCCCS(=O)(=O)c2sc3ccc(Cl)cc3c2C)ccc1OCC(=O)O. The van der Waals surface area contributed by atoms with Crippen LogP contribution in [0.2, 0.25) is 5.02 Å². The van der Waals surface area contributed by atoms with Gasteiger partial charge >= 0.3 is 5.97 Å². The van der Waals surface area contributed by atoms with Crippen LogP contribution in [0.25, 0.3) is 10.1 Å². The lowest BCUT2D eigenvalue weighted by atomic mass is 10.2. The third-order valence-corrected chi connectivity index (χ3v) is 10.3. The second kappa shape index (κ2) is 11.8. The van der Waals surface area contributed by atoms with Gasteiger partial charge in [-0.25, -0.2) is 13.2 Å². The van der Waals surface area contributed by atoms with Crippen LogP contribution in [0, 0.1) is 13.8 Å². The van der Waals surface area contributed by atoms with Gasteiger partial charge in [0.1, 0.15) is 9.96 Å². The van der Waals surface area contributed by atoms with Gasteiger partial charge in [-0.05, 0) is 79.7 Å². The van der Waals surface area contributed by atoms with Crippen molar-refractivity contribution in [3.63, 3.8) is 0 Å². The molecule has 1 aromatic heterocycles. The van der Waals surface area contributed by atoms with Crippen LogP contribution < -0.4 is 10.1 Å². The Kier molecular flexibility index (Phi) is 9.28. The monoisotopic (exact) mass is 541 g/mol. The molecule has 0 aliphatic rings. The Bertz CT molecular complexity index is 1270. The van der Waals surface area contributed by atoms with Gasteiger partial charge in [0.2, 0.25) is 0 Å². The molecule has 0 unspecified atom stereocenters. The molecule has 0 bridgehead atoms. The highest BCUT2D eigenvalue weighted by molar-refractivity contribution is 8.00. The van der Waals surface area contributed by atoms with Crippen LogP contribution in [0.4, 0.5) is 0 Å². The molecule has 1 heterocycles. The third-order valence-electron chi connectivity index (χ3n) is 5.17. The highest BCUT2D eigenvalue weighted by Crippen LogP contribution is 2.36. The summed E-state index contributed by atoms with van der Waals surface area (Å²) in [6, 6.07) is 11.1. The average molecular weight is 542 g/mol. The number of thioether (sulfide) groups is 1. The molecule has 3 aromatic rings. The Morgan fingerprint density at radius 1 is 1.24 bits per heavy atom. The Morgan fingerprint density at radius 2 is 2.00 bits per heavy atom. The van der Waals surface area contributed by atoms with Gasteiger partial charge in [-0.3, -0.25) is 0 Å². The van der Waals surface area contributed by atoms with Crippen LogP contribution in [0.3, 0.4) is 0 Å². The molecular weight excluding hydrogens is 514 g/mol. The maximum atomic E-state index is 12.9. The predicted molar refractivity (Wildman–Crippen MR) is 141 cm³/mol. The smallest absolute Gasteiger partial charge is 0.341 e. The van der Waals surface area contributed by atoms with Crippen molar-refractivity contribution in [3.8, 4) is 5.75 Å². The van der Waals surface area contributed by atoms with Gasteiger partial charge in [0.25, 0.3) is 0 Å². The molecule has 10 heteroatoms. The van der Waals surface area contributed by atoms with Gasteiger partial charge in [0.05, 0.1) is 5.75 Å². The lowest BCUT2D eigenvalue weighted by molar-refractivity contribution is -0.139. The predicted octanol–water partition coefficient (Wildman–Crippen LogP) is 5.57. The van der Waals surface area contributed by atoms with E-state index < -0.39 is 15.8 Å². The van der Waals surface area contributed by atoms with Crippen LogP contribution in [0.15, 0.2) is 45.5 Å². The minimum atomic E-state index is -3.35. The maximum absolute atomic E-state index is 12.9. The van der Waals surface area contributed by atoms with Crippen LogP contribution in [0.5, 0.6) is 5.75 Å². The molecule has 0 saturated heterocycles. The highest BCUT2D eigenvalue weighted by atomic mass is 35.5. The Hall–Kier alpha value is -1.78. The number of fused-ring (bicyclic) bond motifs is 1. The van der Waals surface area contributed by atoms with Gasteiger partial charge in [0, 0.05) is 26.4 Å². The van der Waals surface area contributed by atoms with Gasteiger partial charge in [-0.15, -0.1) is 23.1 Å². The van der Waals surface area contributed by atoms with Gasteiger partial charge < -0.3 is 15.2 Å². The van der Waals surface area contributed by atoms with E-state index in [1.54, 1.807) is 23.9 Å². The van der Waals surface area contributed by atoms with E-state index in [4.69, 9.17) is 21.4 Å². The first-order valence-electron chi connectivity index (χ1n) is 10.8. The normalized spacial score (nSPS) is 12.7. The van der Waals surface area contributed by atoms with Crippen molar-refractivity contribution in [2.45, 2.75) is 41.5 Å². The molecule has 184 valence electrons. The van der Waals surface area contributed by atoms with E-state index in [2.05, 4.69) is 12.2 Å². The quantitative estimate of drug-likeness (QED) is 0.229. The molecular formula is C24H28ClNO5S3. The largest absolute Gasteiger partial charge is 0.482 e. The Balaban J connectivity index is 1.45. The minimum absolute atomic E-state index is 0.0971. The lowest BCUT2D eigenvalue weighted by Gasteiger charge is -2.14. The molecule has 0 amide bonds. The summed E-state index contributed by atoms with van der Waals surface area (Å²) < 4.78 is 32.4. The number of thiophene rings is 1. The number of hydrogen-bond donors (Lipinski definition) is 2. The number of carboxylic acid groups (broad SMARTS) is 1. The van der Waals surface area contributed by atoms with E-state index in [0.29, 0.717) is 27.9 Å². The average Bonchev–Trinajstić information content (AvgIpc) is 3.09. The van der Waals surface area contributed by atoms with E-state index >= 15 is 0 Å². The van der Waals surface area contributed by atoms with Crippen molar-refractivity contribution in [1.82, 2.24) is 5.32 Å². The van der Waals surface area contributed by atoms with Crippen molar-refractivity contribution in [1.29, 1.82) is 0 Å². The summed E-state index contributed by atoms with van der Waals surface area (Å²) >= 11 is 9.07. The second-order valence-corrected chi connectivity index (χ2v) is 13.4. The van der Waals surface area contributed by atoms with Crippen molar-refractivity contribution in [2.24, 2.45) is 0 Å². The molecule has 34 heavy (non-hydrogen) atoms. The van der Waals surface area contributed by atoms with E-state index in [0.717, 1.165) is 32.7 Å². The molecule has 0 aliphatic carbocycles. The number of hydrogen-bond acceptors (Lipinski definition) is 7. The van der Waals surface area contributed by atoms with Crippen LogP contribution in [-0.4, -0.2) is 50.2 Å². The molecule has 1 atom stereocenters. The fraction of sp³-hybridized carbons (Fsp3) is 0.375. The number of sulfone groups is 1. The molecule has 0 saturated carbocycles. The van der Waals surface area contributed by atoms with Gasteiger partial charge in [-0.2, -0.15) is 0 Å². The molecule has 3 rings (SSSR count). The summed E-state index contributed by atoms with van der Waals surface area (Å²) in [7, 11) is -3.35. The fourth-order valence-corrected chi connectivity index (χ4v) is 7.99. The van der Waals surface area contributed by atoms with Crippen molar-refractivity contribution in [3.05, 3.63) is 52.5 Å². The number of carbonyl (C=O) groups is 1. The Labute approximate surface area is 213 Å². The maximum Gasteiger partial charge on any atom is 0.341 e. The van der Waals surface area contributed by atoms with Crippen molar-refractivity contribution < 1.29 is 23.1 Å². The first-order valence-corrected chi connectivity index (χ1v) is 14.5. The van der Waals surface area contributed by atoms with E-state index in [1.165, 1.54) is 11.3 Å². The summed E-state index contributed by atoms with van der Waals surface area (Å²) in [6.45, 7) is 6.82. The van der Waals surface area contributed by atoms with Crippen LogP contribution in [-0.2, 0) is 14.6 Å². The van der Waals surface area contributed by atoms with Crippen molar-refractivity contribution >= 4 is 60.6 Å². The molecule has 0 aliphatic heterocycles. The zero-order valence-electron chi connectivity index (χ0n) is 19.3. The zero-order chi connectivity index (χ0) is 24.9. The van der Waals surface area contributed by atoms with E-state index in [9.17, 15) is 13.2 Å². The summed E-state index contributed by atoms with van der Waals surface area (Å²) in [5, 5.41) is 13.9. The molecule has 2 aromatic carbocycles. The molecule has 2 N–H and O–H groups in total. The lowest BCUT2D eigenvalue weighted by Crippen LogP contribution is -2.25. The first kappa shape index (κ1) is 26.8.